The lowest BCUT2D eigenvalue weighted by molar-refractivity contribution is -0.119. The minimum Gasteiger partial charge on any atom is -0.494 e. The summed E-state index contributed by atoms with van der Waals surface area (Å²) >= 11 is 0. The van der Waals surface area contributed by atoms with Crippen LogP contribution in [0.4, 0.5) is 5.69 Å². The molecule has 0 atom stereocenters. The van der Waals surface area contributed by atoms with Gasteiger partial charge in [-0.25, -0.2) is 4.79 Å². The number of nitrogens with one attached hydrogen (secondary N) is 1. The van der Waals surface area contributed by atoms with Gasteiger partial charge in [0.25, 0.3) is 5.91 Å². The fourth-order valence-corrected chi connectivity index (χ4v) is 2.31. The van der Waals surface area contributed by atoms with Crippen molar-refractivity contribution in [2.24, 2.45) is 5.92 Å². The molecule has 0 spiro atoms. The van der Waals surface area contributed by atoms with Crippen molar-refractivity contribution in [2.75, 3.05) is 18.5 Å². The summed E-state index contributed by atoms with van der Waals surface area (Å²) in [7, 11) is 0. The summed E-state index contributed by atoms with van der Waals surface area (Å²) in [5.41, 5.74) is 1.79. The van der Waals surface area contributed by atoms with Gasteiger partial charge in [-0.15, -0.1) is 0 Å². The molecule has 1 N–H and O–H groups in total. The zero-order chi connectivity index (χ0) is 20.4. The lowest BCUT2D eigenvalue weighted by atomic mass is 10.1. The number of nitriles is 1. The molecule has 6 nitrogen and oxygen atoms in total. The van der Waals surface area contributed by atoms with Crippen molar-refractivity contribution in [2.45, 2.75) is 26.7 Å². The summed E-state index contributed by atoms with van der Waals surface area (Å²) in [6.07, 6.45) is 1.27. The molecule has 1 amide bonds. The van der Waals surface area contributed by atoms with E-state index < -0.39 is 11.9 Å². The zero-order valence-corrected chi connectivity index (χ0v) is 16.1. The van der Waals surface area contributed by atoms with Gasteiger partial charge >= 0.3 is 5.97 Å². The average molecular weight is 380 g/mol. The molecular weight excluding hydrogens is 356 g/mol. The van der Waals surface area contributed by atoms with E-state index in [2.05, 4.69) is 25.2 Å². The highest BCUT2D eigenvalue weighted by Gasteiger charge is 2.11. The van der Waals surface area contributed by atoms with E-state index >= 15 is 0 Å². The van der Waals surface area contributed by atoms with Crippen molar-refractivity contribution < 1.29 is 19.1 Å². The van der Waals surface area contributed by atoms with Gasteiger partial charge in [0.2, 0.25) is 0 Å². The molecular formula is C22H24N2O4. The Labute approximate surface area is 165 Å². The molecule has 2 aromatic carbocycles. The molecule has 146 valence electrons. The highest BCUT2D eigenvalue weighted by molar-refractivity contribution is 5.95. The van der Waals surface area contributed by atoms with Gasteiger partial charge in [-0.05, 0) is 54.3 Å². The van der Waals surface area contributed by atoms with E-state index in [-0.39, 0.29) is 6.61 Å². The SMILES string of the molecule is CC(C)CCOc1ccc(C(=O)OCC(=O)Nc2ccc(CC#N)cc2)cc1. The minimum absolute atomic E-state index is 0.313. The van der Waals surface area contributed by atoms with E-state index in [1.165, 1.54) is 0 Å². The smallest absolute Gasteiger partial charge is 0.338 e. The molecule has 0 bridgehead atoms. The number of esters is 1. The van der Waals surface area contributed by atoms with Gasteiger partial charge in [0, 0.05) is 5.69 Å². The van der Waals surface area contributed by atoms with Crippen LogP contribution in [0.2, 0.25) is 0 Å². The van der Waals surface area contributed by atoms with Crippen LogP contribution in [0.25, 0.3) is 0 Å². The highest BCUT2D eigenvalue weighted by atomic mass is 16.5. The second kappa shape index (κ2) is 10.7. The maximum atomic E-state index is 12.1. The zero-order valence-electron chi connectivity index (χ0n) is 16.1. The quantitative estimate of drug-likeness (QED) is 0.665. The predicted octanol–water partition coefficient (Wildman–Crippen LogP) is 3.97. The van der Waals surface area contributed by atoms with Crippen molar-refractivity contribution in [3.8, 4) is 11.8 Å². The van der Waals surface area contributed by atoms with E-state index in [9.17, 15) is 9.59 Å². The molecule has 6 heteroatoms. The Hall–Kier alpha value is -3.33. The standard InChI is InChI=1S/C22H24N2O4/c1-16(2)12-14-27-20-9-5-18(6-10-20)22(26)28-15-21(25)24-19-7-3-17(4-8-19)11-13-23/h3-10,16H,11-12,14-15H2,1-2H3,(H,24,25). The van der Waals surface area contributed by atoms with Gasteiger partial charge in [-0.1, -0.05) is 26.0 Å². The van der Waals surface area contributed by atoms with E-state index in [0.717, 1.165) is 12.0 Å². The number of rotatable bonds is 9. The van der Waals surface area contributed by atoms with Gasteiger partial charge in [0.1, 0.15) is 5.75 Å². The van der Waals surface area contributed by atoms with Crippen LogP contribution in [-0.4, -0.2) is 25.1 Å². The van der Waals surface area contributed by atoms with Crippen molar-refractivity contribution in [3.63, 3.8) is 0 Å². The van der Waals surface area contributed by atoms with Crippen LogP contribution in [0, 0.1) is 17.2 Å². The number of hydrogen-bond donors (Lipinski definition) is 1. The Morgan fingerprint density at radius 3 is 2.36 bits per heavy atom. The fraction of sp³-hybridized carbons (Fsp3) is 0.318. The second-order valence-electron chi connectivity index (χ2n) is 6.71. The molecule has 0 unspecified atom stereocenters. The molecule has 0 saturated carbocycles. The second-order valence-corrected chi connectivity index (χ2v) is 6.71. The van der Waals surface area contributed by atoms with Crippen LogP contribution >= 0.6 is 0 Å². The van der Waals surface area contributed by atoms with Crippen LogP contribution in [0.3, 0.4) is 0 Å². The number of benzene rings is 2. The Kier molecular flexibility index (Phi) is 8.04. The average Bonchev–Trinajstić information content (AvgIpc) is 2.68. The third-order valence-electron chi connectivity index (χ3n) is 3.91. The van der Waals surface area contributed by atoms with Crippen LogP contribution in [0.15, 0.2) is 48.5 Å². The van der Waals surface area contributed by atoms with Gasteiger partial charge < -0.3 is 14.8 Å². The summed E-state index contributed by atoms with van der Waals surface area (Å²) in [5.74, 6) is 0.244. The van der Waals surface area contributed by atoms with Crippen molar-refractivity contribution in [1.29, 1.82) is 5.26 Å². The number of carbonyl (C=O) groups is 2. The predicted molar refractivity (Wildman–Crippen MR) is 106 cm³/mol. The van der Waals surface area contributed by atoms with E-state index in [1.54, 1.807) is 48.5 Å². The number of hydrogen-bond acceptors (Lipinski definition) is 5. The van der Waals surface area contributed by atoms with Crippen LogP contribution in [-0.2, 0) is 16.0 Å². The molecule has 0 heterocycles. The number of anilines is 1. The molecule has 0 fully saturated rings. The summed E-state index contributed by atoms with van der Waals surface area (Å²) < 4.78 is 10.6. The summed E-state index contributed by atoms with van der Waals surface area (Å²) in [4.78, 5) is 24.0. The van der Waals surface area contributed by atoms with Crippen LogP contribution in [0.1, 0.15) is 36.2 Å². The summed E-state index contributed by atoms with van der Waals surface area (Å²) in [6, 6.07) is 15.6. The molecule has 0 aliphatic rings. The maximum Gasteiger partial charge on any atom is 0.338 e. The van der Waals surface area contributed by atoms with Gasteiger partial charge in [-0.2, -0.15) is 5.26 Å². The Balaban J connectivity index is 1.77. The lowest BCUT2D eigenvalue weighted by Gasteiger charge is -2.09. The first-order chi connectivity index (χ1) is 13.5. The summed E-state index contributed by atoms with van der Waals surface area (Å²) in [6.45, 7) is 4.50. The Morgan fingerprint density at radius 2 is 1.75 bits per heavy atom. The minimum atomic E-state index is -0.576. The molecule has 0 aromatic heterocycles. The third-order valence-corrected chi connectivity index (χ3v) is 3.91. The summed E-state index contributed by atoms with van der Waals surface area (Å²) in [5, 5.41) is 11.3. The number of amides is 1. The number of carbonyl (C=O) groups excluding carboxylic acids is 2. The topological polar surface area (TPSA) is 88.4 Å². The third kappa shape index (κ3) is 7.12. The normalized spacial score (nSPS) is 10.2. The van der Waals surface area contributed by atoms with Crippen molar-refractivity contribution >= 4 is 17.6 Å². The maximum absolute atomic E-state index is 12.1. The molecule has 28 heavy (non-hydrogen) atoms. The van der Waals surface area contributed by atoms with Crippen molar-refractivity contribution in [1.82, 2.24) is 0 Å². The Morgan fingerprint density at radius 1 is 1.07 bits per heavy atom. The first-order valence-corrected chi connectivity index (χ1v) is 9.13. The highest BCUT2D eigenvalue weighted by Crippen LogP contribution is 2.14. The monoisotopic (exact) mass is 380 g/mol. The molecule has 0 aliphatic carbocycles. The van der Waals surface area contributed by atoms with Crippen molar-refractivity contribution in [3.05, 3.63) is 59.7 Å². The van der Waals surface area contributed by atoms with E-state index in [1.807, 2.05) is 0 Å². The van der Waals surface area contributed by atoms with Gasteiger partial charge in [0.05, 0.1) is 24.7 Å². The number of nitrogens with zero attached hydrogens (tertiary/aromatic N) is 1. The first kappa shape index (κ1) is 21.0. The largest absolute Gasteiger partial charge is 0.494 e. The number of ether oxygens (including phenoxy) is 2. The van der Waals surface area contributed by atoms with Gasteiger partial charge in [0.15, 0.2) is 6.61 Å². The van der Waals surface area contributed by atoms with E-state index in [0.29, 0.717) is 35.9 Å². The molecule has 0 saturated heterocycles. The first-order valence-electron chi connectivity index (χ1n) is 9.13. The Bertz CT molecular complexity index is 821. The molecule has 2 aromatic rings. The van der Waals surface area contributed by atoms with Gasteiger partial charge in [-0.3, -0.25) is 4.79 Å². The molecule has 0 aliphatic heterocycles. The van der Waals surface area contributed by atoms with E-state index in [4.69, 9.17) is 14.7 Å². The van der Waals surface area contributed by atoms with Crippen LogP contribution in [0.5, 0.6) is 5.75 Å². The molecule has 2 rings (SSSR count). The van der Waals surface area contributed by atoms with Crippen LogP contribution < -0.4 is 10.1 Å². The molecule has 0 radical (unpaired) electrons. The lowest BCUT2D eigenvalue weighted by Crippen LogP contribution is -2.20. The fourth-order valence-electron chi connectivity index (χ4n) is 2.31.